The molecule has 2 aliphatic rings. The van der Waals surface area contributed by atoms with Gasteiger partial charge in [-0.25, -0.2) is 4.79 Å². The van der Waals surface area contributed by atoms with E-state index in [2.05, 4.69) is 16.5 Å². The lowest BCUT2D eigenvalue weighted by molar-refractivity contribution is -0.161. The Morgan fingerprint density at radius 2 is 1.71 bits per heavy atom. The average Bonchev–Trinajstić information content (AvgIpc) is 3.70. The topological polar surface area (TPSA) is 110 Å². The van der Waals surface area contributed by atoms with Crippen LogP contribution in [-0.4, -0.2) is 49.1 Å². The molecule has 2 N–H and O–H groups in total. The highest BCUT2D eigenvalue weighted by Gasteiger charge is 2.53. The quantitative estimate of drug-likeness (QED) is 0.214. The summed E-state index contributed by atoms with van der Waals surface area (Å²) in [6.07, 6.45) is 2.07. The highest BCUT2D eigenvalue weighted by molar-refractivity contribution is 6.30. The van der Waals surface area contributed by atoms with Gasteiger partial charge in [0.05, 0.1) is 25.6 Å². The summed E-state index contributed by atoms with van der Waals surface area (Å²) in [6, 6.07) is 17.8. The molecule has 42 heavy (non-hydrogen) atoms. The fraction of sp³-hybridized carbons (Fsp3) is 0.344. The fourth-order valence-corrected chi connectivity index (χ4v) is 5.23. The second-order valence-electron chi connectivity index (χ2n) is 11.3. The van der Waals surface area contributed by atoms with Gasteiger partial charge in [0.1, 0.15) is 17.5 Å². The van der Waals surface area contributed by atoms with E-state index in [1.165, 1.54) is 19.4 Å². The smallest absolute Gasteiger partial charge is 0.350 e. The standard InChI is InChI=1S/C32H34ClN3O6/c1-19(35-42-31(2,3)30(38)39)21-14-23(16-25(15-21)41-5)34-28(20-6-8-22(33)9-7-20)29(37)36-18-32(12-13-32)26-11-10-24(40-4)17-27(26)36/h6-11,14-17,28,34H,12-13,18H2,1-5H3,(H,38,39)/b35-19+. The molecule has 1 aliphatic heterocycles. The number of carboxylic acid groups (broad SMARTS) is 1. The van der Waals surface area contributed by atoms with Crippen molar-refractivity contribution in [3.05, 3.63) is 82.4 Å². The third-order valence-electron chi connectivity index (χ3n) is 7.89. The first-order valence-electron chi connectivity index (χ1n) is 13.6. The van der Waals surface area contributed by atoms with Gasteiger partial charge < -0.3 is 29.6 Å². The van der Waals surface area contributed by atoms with Crippen LogP contribution < -0.4 is 19.7 Å². The van der Waals surface area contributed by atoms with Crippen molar-refractivity contribution in [1.82, 2.24) is 0 Å². The van der Waals surface area contributed by atoms with Gasteiger partial charge in [0.15, 0.2) is 0 Å². The Balaban J connectivity index is 1.51. The van der Waals surface area contributed by atoms with E-state index >= 15 is 0 Å². The average molecular weight is 592 g/mol. The molecule has 3 aromatic rings. The van der Waals surface area contributed by atoms with Crippen molar-refractivity contribution in [3.8, 4) is 11.5 Å². The SMILES string of the molecule is COc1cc(NC(C(=O)N2CC3(CC3)c3ccc(OC)cc32)c2ccc(Cl)cc2)cc(/C(C)=N/OC(C)(C)C(=O)O)c1. The molecule has 0 aromatic heterocycles. The number of benzene rings is 3. The van der Waals surface area contributed by atoms with E-state index in [0.29, 0.717) is 40.0 Å². The van der Waals surface area contributed by atoms with Gasteiger partial charge in [-0.1, -0.05) is 35.0 Å². The van der Waals surface area contributed by atoms with Crippen LogP contribution in [0.1, 0.15) is 56.3 Å². The molecule has 1 atom stereocenters. The van der Waals surface area contributed by atoms with Crippen LogP contribution in [0.3, 0.4) is 0 Å². The van der Waals surface area contributed by atoms with Crippen molar-refractivity contribution in [2.75, 3.05) is 31.0 Å². The van der Waals surface area contributed by atoms with Crippen LogP contribution in [0.25, 0.3) is 0 Å². The third kappa shape index (κ3) is 5.74. The zero-order valence-electron chi connectivity index (χ0n) is 24.2. The monoisotopic (exact) mass is 591 g/mol. The molecule has 1 amide bonds. The molecule has 10 heteroatoms. The van der Waals surface area contributed by atoms with Crippen LogP contribution in [0.5, 0.6) is 11.5 Å². The van der Waals surface area contributed by atoms with Gasteiger partial charge in [-0.05, 0) is 75.1 Å². The van der Waals surface area contributed by atoms with Gasteiger partial charge in [-0.2, -0.15) is 0 Å². The van der Waals surface area contributed by atoms with E-state index in [1.54, 1.807) is 45.4 Å². The number of halogens is 1. The summed E-state index contributed by atoms with van der Waals surface area (Å²) in [4.78, 5) is 33.0. The number of carbonyl (C=O) groups is 2. The lowest BCUT2D eigenvalue weighted by Gasteiger charge is -2.27. The largest absolute Gasteiger partial charge is 0.497 e. The number of hydrogen-bond acceptors (Lipinski definition) is 7. The number of hydrogen-bond donors (Lipinski definition) is 2. The van der Waals surface area contributed by atoms with E-state index in [0.717, 1.165) is 24.1 Å². The fourth-order valence-electron chi connectivity index (χ4n) is 5.11. The van der Waals surface area contributed by atoms with E-state index in [4.69, 9.17) is 25.9 Å². The molecule has 3 aromatic carbocycles. The summed E-state index contributed by atoms with van der Waals surface area (Å²) >= 11 is 6.20. The minimum absolute atomic E-state index is 0.0117. The molecule has 220 valence electrons. The number of fused-ring (bicyclic) bond motifs is 2. The number of oxime groups is 1. The van der Waals surface area contributed by atoms with Gasteiger partial charge in [-0.15, -0.1) is 0 Å². The van der Waals surface area contributed by atoms with Crippen molar-refractivity contribution < 1.29 is 29.0 Å². The van der Waals surface area contributed by atoms with Crippen molar-refractivity contribution in [2.24, 2.45) is 5.16 Å². The predicted octanol–water partition coefficient (Wildman–Crippen LogP) is 6.19. The van der Waals surface area contributed by atoms with E-state index in [1.807, 2.05) is 35.2 Å². The lowest BCUT2D eigenvalue weighted by Crippen LogP contribution is -2.38. The number of methoxy groups -OCH3 is 2. The van der Waals surface area contributed by atoms with Crippen LogP contribution in [0.2, 0.25) is 5.02 Å². The van der Waals surface area contributed by atoms with Gasteiger partial charge in [-0.3, -0.25) is 4.79 Å². The Morgan fingerprint density at radius 3 is 2.33 bits per heavy atom. The van der Waals surface area contributed by atoms with Crippen LogP contribution in [-0.2, 0) is 19.8 Å². The maximum Gasteiger partial charge on any atom is 0.350 e. The number of carbonyl (C=O) groups excluding carboxylic acids is 1. The number of carboxylic acids is 1. The predicted molar refractivity (Wildman–Crippen MR) is 162 cm³/mol. The number of nitrogens with one attached hydrogen (secondary N) is 1. The molecule has 0 saturated heterocycles. The molecule has 1 fully saturated rings. The van der Waals surface area contributed by atoms with Gasteiger partial charge in [0.2, 0.25) is 5.60 Å². The minimum Gasteiger partial charge on any atom is -0.497 e. The van der Waals surface area contributed by atoms with Crippen LogP contribution >= 0.6 is 11.6 Å². The van der Waals surface area contributed by atoms with E-state index in [9.17, 15) is 14.7 Å². The Bertz CT molecular complexity index is 1550. The number of amides is 1. The first kappa shape index (κ1) is 29.3. The van der Waals surface area contributed by atoms with Crippen molar-refractivity contribution in [2.45, 2.75) is 50.7 Å². The minimum atomic E-state index is -1.50. The molecule has 0 bridgehead atoms. The van der Waals surface area contributed by atoms with Crippen LogP contribution in [0.15, 0.2) is 65.8 Å². The Kier molecular flexibility index (Phi) is 7.81. The first-order valence-corrected chi connectivity index (χ1v) is 14.0. The third-order valence-corrected chi connectivity index (χ3v) is 8.15. The second-order valence-corrected chi connectivity index (χ2v) is 11.7. The Morgan fingerprint density at radius 1 is 1.02 bits per heavy atom. The van der Waals surface area contributed by atoms with Crippen molar-refractivity contribution >= 4 is 40.6 Å². The molecular formula is C32H34ClN3O6. The van der Waals surface area contributed by atoms with Gasteiger partial charge >= 0.3 is 5.97 Å². The van der Waals surface area contributed by atoms with Crippen molar-refractivity contribution in [3.63, 3.8) is 0 Å². The van der Waals surface area contributed by atoms with E-state index in [-0.39, 0.29) is 11.3 Å². The molecule has 1 aliphatic carbocycles. The highest BCUT2D eigenvalue weighted by atomic mass is 35.5. The maximum absolute atomic E-state index is 14.4. The summed E-state index contributed by atoms with van der Waals surface area (Å²) in [6.45, 7) is 5.16. The Hall–Kier alpha value is -4.24. The molecule has 1 saturated carbocycles. The molecular weight excluding hydrogens is 558 g/mol. The normalized spacial score (nSPS) is 16.0. The zero-order chi connectivity index (χ0) is 30.2. The highest BCUT2D eigenvalue weighted by Crippen LogP contribution is 2.57. The first-order chi connectivity index (χ1) is 20.0. The zero-order valence-corrected chi connectivity index (χ0v) is 25.0. The molecule has 0 radical (unpaired) electrons. The van der Waals surface area contributed by atoms with Crippen LogP contribution in [0, 0.1) is 0 Å². The summed E-state index contributed by atoms with van der Waals surface area (Å²) in [5.74, 6) is -0.0272. The molecule has 1 heterocycles. The number of rotatable bonds is 10. The number of anilines is 2. The summed E-state index contributed by atoms with van der Waals surface area (Å²) in [5, 5.41) is 17.4. The summed E-state index contributed by atoms with van der Waals surface area (Å²) in [7, 11) is 3.16. The van der Waals surface area contributed by atoms with Gasteiger partial charge in [0.25, 0.3) is 5.91 Å². The Labute approximate surface area is 250 Å². The maximum atomic E-state index is 14.4. The van der Waals surface area contributed by atoms with Gasteiger partial charge in [0, 0.05) is 40.4 Å². The summed E-state index contributed by atoms with van der Waals surface area (Å²) in [5.41, 5.74) is 2.95. The number of aliphatic carboxylic acids is 1. The number of ether oxygens (including phenoxy) is 2. The summed E-state index contributed by atoms with van der Waals surface area (Å²) < 4.78 is 11.0. The second kappa shape index (κ2) is 11.2. The lowest BCUT2D eigenvalue weighted by atomic mass is 9.99. The van der Waals surface area contributed by atoms with E-state index < -0.39 is 17.6 Å². The number of nitrogens with zero attached hydrogens (tertiary/aromatic N) is 2. The molecule has 9 nitrogen and oxygen atoms in total. The molecule has 1 unspecified atom stereocenters. The molecule has 5 rings (SSSR count). The molecule has 1 spiro atoms. The van der Waals surface area contributed by atoms with Crippen molar-refractivity contribution in [1.29, 1.82) is 0 Å². The van der Waals surface area contributed by atoms with Crippen LogP contribution in [0.4, 0.5) is 11.4 Å².